The lowest BCUT2D eigenvalue weighted by atomic mass is 10.0. The Balaban J connectivity index is 2.01. The molecule has 0 unspecified atom stereocenters. The predicted octanol–water partition coefficient (Wildman–Crippen LogP) is 4.64. The van der Waals surface area contributed by atoms with Gasteiger partial charge in [-0.2, -0.15) is 5.10 Å². The number of carbonyl (C=O) groups is 1. The van der Waals surface area contributed by atoms with E-state index in [2.05, 4.69) is 15.2 Å². The summed E-state index contributed by atoms with van der Waals surface area (Å²) < 4.78 is 0. The van der Waals surface area contributed by atoms with Crippen molar-refractivity contribution in [1.29, 1.82) is 0 Å². The molecule has 2 heterocycles. The lowest BCUT2D eigenvalue weighted by Gasteiger charge is -2.07. The molecule has 0 aliphatic heterocycles. The third kappa shape index (κ3) is 2.64. The standard InChI is InChI=1S/C19H12ClN3O2/c20-14-9-5-4-8-12(14)15-10-13(19(24)25)16-17(22-23-18(16)21-15)11-6-2-1-3-7-11/h1-10H,(H,24,25)(H,21,22,23). The minimum absolute atomic E-state index is 0.132. The number of halogens is 1. The summed E-state index contributed by atoms with van der Waals surface area (Å²) in [6.45, 7) is 0. The number of rotatable bonds is 3. The molecule has 0 radical (unpaired) electrons. The summed E-state index contributed by atoms with van der Waals surface area (Å²) in [6, 6.07) is 18.2. The van der Waals surface area contributed by atoms with Gasteiger partial charge >= 0.3 is 5.97 Å². The normalized spacial score (nSPS) is 10.9. The molecule has 4 rings (SSSR count). The van der Waals surface area contributed by atoms with Crippen molar-refractivity contribution < 1.29 is 9.90 Å². The third-order valence-corrected chi connectivity index (χ3v) is 4.30. The molecule has 2 aromatic heterocycles. The molecule has 6 heteroatoms. The van der Waals surface area contributed by atoms with Crippen molar-refractivity contribution in [2.45, 2.75) is 0 Å². The molecule has 122 valence electrons. The van der Waals surface area contributed by atoms with Crippen LogP contribution >= 0.6 is 11.6 Å². The number of fused-ring (bicyclic) bond motifs is 1. The van der Waals surface area contributed by atoms with E-state index in [1.807, 2.05) is 42.5 Å². The van der Waals surface area contributed by atoms with Gasteiger partial charge in [0.2, 0.25) is 0 Å². The summed E-state index contributed by atoms with van der Waals surface area (Å²) in [5.41, 5.74) is 3.09. The van der Waals surface area contributed by atoms with Gasteiger partial charge in [-0.3, -0.25) is 5.10 Å². The Morgan fingerprint density at radius 2 is 1.76 bits per heavy atom. The number of aromatic amines is 1. The van der Waals surface area contributed by atoms with Gasteiger partial charge in [-0.1, -0.05) is 60.1 Å². The first kappa shape index (κ1) is 15.4. The number of carboxylic acid groups (broad SMARTS) is 1. The Kier molecular flexibility index (Phi) is 3.71. The highest BCUT2D eigenvalue weighted by atomic mass is 35.5. The Labute approximate surface area is 147 Å². The van der Waals surface area contributed by atoms with Crippen LogP contribution in [0.1, 0.15) is 10.4 Å². The molecule has 0 aliphatic carbocycles. The molecule has 0 atom stereocenters. The van der Waals surface area contributed by atoms with Crippen molar-refractivity contribution in [3.63, 3.8) is 0 Å². The molecule has 25 heavy (non-hydrogen) atoms. The van der Waals surface area contributed by atoms with Gasteiger partial charge in [0.05, 0.1) is 22.3 Å². The van der Waals surface area contributed by atoms with Gasteiger partial charge in [0.1, 0.15) is 0 Å². The highest BCUT2D eigenvalue weighted by molar-refractivity contribution is 6.33. The number of nitrogens with one attached hydrogen (secondary N) is 1. The molecule has 0 saturated carbocycles. The number of pyridine rings is 1. The summed E-state index contributed by atoms with van der Waals surface area (Å²) in [5, 5.41) is 17.8. The number of nitrogens with zero attached hydrogens (tertiary/aromatic N) is 2. The second-order valence-electron chi connectivity index (χ2n) is 5.50. The molecule has 5 nitrogen and oxygen atoms in total. The Hall–Kier alpha value is -3.18. The van der Waals surface area contributed by atoms with E-state index in [1.54, 1.807) is 12.1 Å². The number of aromatic carboxylic acids is 1. The van der Waals surface area contributed by atoms with Crippen molar-refractivity contribution in [2.24, 2.45) is 0 Å². The minimum atomic E-state index is -1.04. The largest absolute Gasteiger partial charge is 0.478 e. The number of H-pyrrole nitrogens is 1. The van der Waals surface area contributed by atoms with E-state index < -0.39 is 5.97 Å². The Morgan fingerprint density at radius 3 is 2.48 bits per heavy atom. The lowest BCUT2D eigenvalue weighted by molar-refractivity contribution is 0.0699. The van der Waals surface area contributed by atoms with Crippen LogP contribution in [0, 0.1) is 0 Å². The molecule has 0 saturated heterocycles. The van der Waals surface area contributed by atoms with Crippen LogP contribution in [0.2, 0.25) is 5.02 Å². The lowest BCUT2D eigenvalue weighted by Crippen LogP contribution is -2.00. The smallest absolute Gasteiger partial charge is 0.336 e. The monoisotopic (exact) mass is 349 g/mol. The van der Waals surface area contributed by atoms with E-state index in [9.17, 15) is 9.90 Å². The summed E-state index contributed by atoms with van der Waals surface area (Å²) in [6.07, 6.45) is 0. The molecule has 2 N–H and O–H groups in total. The summed E-state index contributed by atoms with van der Waals surface area (Å²) >= 11 is 6.23. The van der Waals surface area contributed by atoms with Crippen molar-refractivity contribution in [2.75, 3.05) is 0 Å². The van der Waals surface area contributed by atoms with Crippen LogP contribution < -0.4 is 0 Å². The zero-order valence-electron chi connectivity index (χ0n) is 12.9. The molecule has 2 aromatic carbocycles. The van der Waals surface area contributed by atoms with Gasteiger partial charge in [-0.15, -0.1) is 0 Å². The summed E-state index contributed by atoms with van der Waals surface area (Å²) in [4.78, 5) is 16.4. The SMILES string of the molecule is O=C(O)c1cc(-c2ccccc2Cl)nc2n[nH]c(-c3ccccc3)c12. The maximum Gasteiger partial charge on any atom is 0.336 e. The first-order valence-electron chi connectivity index (χ1n) is 7.58. The van der Waals surface area contributed by atoms with E-state index >= 15 is 0 Å². The summed E-state index contributed by atoms with van der Waals surface area (Å²) in [7, 11) is 0. The van der Waals surface area contributed by atoms with E-state index in [0.717, 1.165) is 5.56 Å². The van der Waals surface area contributed by atoms with Gasteiger partial charge in [0.15, 0.2) is 5.65 Å². The van der Waals surface area contributed by atoms with E-state index in [4.69, 9.17) is 11.6 Å². The molecular formula is C19H12ClN3O2. The fourth-order valence-corrected chi connectivity index (χ4v) is 3.05. The molecule has 0 spiro atoms. The average Bonchev–Trinajstić information content (AvgIpc) is 3.06. The molecular weight excluding hydrogens is 338 g/mol. The highest BCUT2D eigenvalue weighted by Gasteiger charge is 2.20. The van der Waals surface area contributed by atoms with Gasteiger partial charge in [0.25, 0.3) is 0 Å². The first-order valence-corrected chi connectivity index (χ1v) is 7.95. The van der Waals surface area contributed by atoms with Gasteiger partial charge in [-0.05, 0) is 12.1 Å². The van der Waals surface area contributed by atoms with Crippen molar-refractivity contribution in [1.82, 2.24) is 15.2 Å². The second kappa shape index (κ2) is 6.03. The zero-order chi connectivity index (χ0) is 17.4. The average molecular weight is 350 g/mol. The molecule has 0 amide bonds. The van der Waals surface area contributed by atoms with Crippen molar-refractivity contribution in [3.05, 3.63) is 71.2 Å². The van der Waals surface area contributed by atoms with Crippen LogP contribution in [0.4, 0.5) is 0 Å². The fourth-order valence-electron chi connectivity index (χ4n) is 2.81. The van der Waals surface area contributed by atoms with Crippen LogP contribution in [0.5, 0.6) is 0 Å². The number of benzene rings is 2. The zero-order valence-corrected chi connectivity index (χ0v) is 13.7. The highest BCUT2D eigenvalue weighted by Crippen LogP contribution is 2.33. The maximum absolute atomic E-state index is 11.9. The fraction of sp³-hybridized carbons (Fsp3) is 0. The summed E-state index contributed by atoms with van der Waals surface area (Å²) in [5.74, 6) is -1.04. The van der Waals surface area contributed by atoms with E-state index in [1.165, 1.54) is 6.07 Å². The molecule has 4 aromatic rings. The van der Waals surface area contributed by atoms with Crippen LogP contribution in [-0.2, 0) is 0 Å². The van der Waals surface area contributed by atoms with Crippen molar-refractivity contribution >= 4 is 28.6 Å². The molecule has 0 fully saturated rings. The topological polar surface area (TPSA) is 78.9 Å². The number of hydrogen-bond donors (Lipinski definition) is 2. The van der Waals surface area contributed by atoms with Crippen molar-refractivity contribution in [3.8, 4) is 22.5 Å². The number of carboxylic acids is 1. The Morgan fingerprint density at radius 1 is 1.04 bits per heavy atom. The van der Waals surface area contributed by atoms with Crippen LogP contribution in [0.25, 0.3) is 33.5 Å². The van der Waals surface area contributed by atoms with Crippen LogP contribution in [0.3, 0.4) is 0 Å². The van der Waals surface area contributed by atoms with Crippen LogP contribution in [0.15, 0.2) is 60.7 Å². The Bertz CT molecular complexity index is 1090. The van der Waals surface area contributed by atoms with Crippen LogP contribution in [-0.4, -0.2) is 26.3 Å². The molecule has 0 aliphatic rings. The quantitative estimate of drug-likeness (QED) is 0.564. The maximum atomic E-state index is 11.9. The molecule has 0 bridgehead atoms. The third-order valence-electron chi connectivity index (χ3n) is 3.97. The van der Waals surface area contributed by atoms with Gasteiger partial charge in [-0.25, -0.2) is 9.78 Å². The first-order chi connectivity index (χ1) is 12.1. The minimum Gasteiger partial charge on any atom is -0.478 e. The van der Waals surface area contributed by atoms with E-state index in [0.29, 0.717) is 33.0 Å². The van der Waals surface area contributed by atoms with Gasteiger partial charge < -0.3 is 5.11 Å². The number of aromatic nitrogens is 3. The second-order valence-corrected chi connectivity index (χ2v) is 5.91. The van der Waals surface area contributed by atoms with Gasteiger partial charge in [0, 0.05) is 16.1 Å². The number of hydrogen-bond acceptors (Lipinski definition) is 3. The van der Waals surface area contributed by atoms with E-state index in [-0.39, 0.29) is 5.56 Å². The predicted molar refractivity (Wildman–Crippen MR) is 96.7 cm³/mol.